The minimum atomic E-state index is -0.865. The molecule has 0 aliphatic carbocycles. The van der Waals surface area contributed by atoms with E-state index in [0.717, 1.165) is 20.7 Å². The van der Waals surface area contributed by atoms with E-state index in [1.54, 1.807) is 0 Å². The number of fused-ring (bicyclic) bond motifs is 1. The van der Waals surface area contributed by atoms with Crippen molar-refractivity contribution in [1.82, 2.24) is 15.2 Å². The molecule has 1 saturated heterocycles. The second kappa shape index (κ2) is 7.16. The van der Waals surface area contributed by atoms with Crippen molar-refractivity contribution in [2.45, 2.75) is 19.0 Å². The van der Waals surface area contributed by atoms with Crippen molar-refractivity contribution in [2.24, 2.45) is 0 Å². The van der Waals surface area contributed by atoms with Crippen LogP contribution in [-0.2, 0) is 16.1 Å². The van der Waals surface area contributed by atoms with Crippen molar-refractivity contribution in [3.63, 3.8) is 0 Å². The van der Waals surface area contributed by atoms with Crippen LogP contribution in [0.15, 0.2) is 54.6 Å². The third-order valence-electron chi connectivity index (χ3n) is 4.22. The predicted octanol–water partition coefficient (Wildman–Crippen LogP) is 2.75. The maximum absolute atomic E-state index is 12.5. The number of aromatic nitrogens is 1. The van der Waals surface area contributed by atoms with Crippen LogP contribution < -0.4 is 10.6 Å². The highest BCUT2D eigenvalue weighted by molar-refractivity contribution is 7.22. The smallest absolute Gasteiger partial charge is 0.325 e. The number of benzene rings is 2. The van der Waals surface area contributed by atoms with E-state index in [4.69, 9.17) is 0 Å². The zero-order valence-corrected chi connectivity index (χ0v) is 15.0. The van der Waals surface area contributed by atoms with E-state index in [0.29, 0.717) is 5.13 Å². The number of nitrogens with one attached hydrogen (secondary N) is 2. The number of carbonyl (C=O) groups excluding carboxylic acids is 3. The molecular weight excluding hydrogens is 364 g/mol. The van der Waals surface area contributed by atoms with Crippen molar-refractivity contribution in [2.75, 3.05) is 5.32 Å². The van der Waals surface area contributed by atoms with E-state index in [9.17, 15) is 14.4 Å². The minimum absolute atomic E-state index is 0.133. The van der Waals surface area contributed by atoms with Gasteiger partial charge in [-0.05, 0) is 17.7 Å². The quantitative estimate of drug-likeness (QED) is 0.666. The number of urea groups is 1. The van der Waals surface area contributed by atoms with E-state index in [2.05, 4.69) is 15.6 Å². The number of imide groups is 1. The fourth-order valence-corrected chi connectivity index (χ4v) is 3.79. The molecule has 4 amide bonds. The molecule has 0 bridgehead atoms. The first-order chi connectivity index (χ1) is 13.1. The summed E-state index contributed by atoms with van der Waals surface area (Å²) in [4.78, 5) is 42.4. The van der Waals surface area contributed by atoms with Gasteiger partial charge in [-0.2, -0.15) is 0 Å². The summed E-state index contributed by atoms with van der Waals surface area (Å²) in [6.45, 7) is 0.182. The monoisotopic (exact) mass is 380 g/mol. The maximum Gasteiger partial charge on any atom is 0.325 e. The number of hydrogen-bond donors (Lipinski definition) is 2. The number of amides is 4. The summed E-state index contributed by atoms with van der Waals surface area (Å²) in [7, 11) is 0. The molecule has 2 N–H and O–H groups in total. The van der Waals surface area contributed by atoms with Gasteiger partial charge in [-0.25, -0.2) is 9.78 Å². The van der Waals surface area contributed by atoms with Crippen LogP contribution in [0.2, 0.25) is 0 Å². The van der Waals surface area contributed by atoms with E-state index in [1.165, 1.54) is 11.3 Å². The fraction of sp³-hybridized carbons (Fsp3) is 0.158. The molecule has 8 heteroatoms. The van der Waals surface area contributed by atoms with Crippen LogP contribution in [-0.4, -0.2) is 33.8 Å². The van der Waals surface area contributed by atoms with Crippen LogP contribution in [0.4, 0.5) is 9.93 Å². The van der Waals surface area contributed by atoms with Gasteiger partial charge in [0.15, 0.2) is 5.13 Å². The van der Waals surface area contributed by atoms with Crippen LogP contribution in [0.25, 0.3) is 10.2 Å². The maximum atomic E-state index is 12.5. The Hall–Kier alpha value is -3.26. The normalized spacial score (nSPS) is 16.6. The van der Waals surface area contributed by atoms with Crippen molar-refractivity contribution in [1.29, 1.82) is 0 Å². The molecule has 0 unspecified atom stereocenters. The molecule has 0 radical (unpaired) electrons. The lowest BCUT2D eigenvalue weighted by atomic mass is 10.2. The molecule has 27 heavy (non-hydrogen) atoms. The zero-order valence-electron chi connectivity index (χ0n) is 14.2. The first-order valence-corrected chi connectivity index (χ1v) is 9.23. The molecule has 0 spiro atoms. The second-order valence-corrected chi connectivity index (χ2v) is 7.18. The Bertz CT molecular complexity index is 985. The van der Waals surface area contributed by atoms with Gasteiger partial charge in [0.05, 0.1) is 23.2 Å². The third kappa shape index (κ3) is 3.65. The lowest BCUT2D eigenvalue weighted by Crippen LogP contribution is -2.34. The highest BCUT2D eigenvalue weighted by Gasteiger charge is 2.39. The highest BCUT2D eigenvalue weighted by Crippen LogP contribution is 2.25. The minimum Gasteiger partial charge on any atom is -0.325 e. The Morgan fingerprint density at radius 1 is 1.11 bits per heavy atom. The average molecular weight is 380 g/mol. The van der Waals surface area contributed by atoms with Crippen molar-refractivity contribution < 1.29 is 14.4 Å². The Kier molecular flexibility index (Phi) is 4.55. The summed E-state index contributed by atoms with van der Waals surface area (Å²) in [6.07, 6.45) is -0.133. The summed E-state index contributed by atoms with van der Waals surface area (Å²) in [6, 6.07) is 15.5. The lowest BCUT2D eigenvalue weighted by Gasteiger charge is -2.12. The molecule has 1 aliphatic rings. The molecule has 136 valence electrons. The number of para-hydroxylation sites is 1. The summed E-state index contributed by atoms with van der Waals surface area (Å²) in [5.74, 6) is -0.766. The van der Waals surface area contributed by atoms with Gasteiger partial charge in [-0.1, -0.05) is 53.8 Å². The zero-order chi connectivity index (χ0) is 18.8. The first-order valence-electron chi connectivity index (χ1n) is 8.41. The van der Waals surface area contributed by atoms with E-state index in [1.807, 2.05) is 54.6 Å². The van der Waals surface area contributed by atoms with Crippen LogP contribution in [0, 0.1) is 0 Å². The molecule has 2 heterocycles. The van der Waals surface area contributed by atoms with Crippen molar-refractivity contribution in [3.8, 4) is 0 Å². The third-order valence-corrected chi connectivity index (χ3v) is 5.17. The predicted molar refractivity (Wildman–Crippen MR) is 102 cm³/mol. The van der Waals surface area contributed by atoms with Gasteiger partial charge >= 0.3 is 6.03 Å². The average Bonchev–Trinajstić information content (AvgIpc) is 3.18. The molecule has 1 aliphatic heterocycles. The van der Waals surface area contributed by atoms with Gasteiger partial charge in [0.1, 0.15) is 6.04 Å². The van der Waals surface area contributed by atoms with Crippen LogP contribution >= 0.6 is 11.3 Å². The molecule has 4 rings (SSSR count). The van der Waals surface area contributed by atoms with Gasteiger partial charge in [0.25, 0.3) is 5.91 Å². The van der Waals surface area contributed by atoms with E-state index in [-0.39, 0.29) is 18.9 Å². The van der Waals surface area contributed by atoms with E-state index < -0.39 is 18.0 Å². The Labute approximate surface area is 159 Å². The number of nitrogens with zero attached hydrogens (tertiary/aromatic N) is 2. The molecule has 7 nitrogen and oxygen atoms in total. The number of hydrogen-bond acceptors (Lipinski definition) is 5. The Morgan fingerprint density at radius 3 is 2.63 bits per heavy atom. The van der Waals surface area contributed by atoms with Gasteiger partial charge < -0.3 is 10.6 Å². The van der Waals surface area contributed by atoms with E-state index >= 15 is 0 Å². The molecule has 1 aromatic heterocycles. The number of thiazole rings is 1. The molecule has 1 fully saturated rings. The van der Waals surface area contributed by atoms with Gasteiger partial charge in [0.2, 0.25) is 5.91 Å². The van der Waals surface area contributed by atoms with Crippen molar-refractivity contribution >= 4 is 44.5 Å². The topological polar surface area (TPSA) is 91.4 Å². The van der Waals surface area contributed by atoms with Crippen LogP contribution in [0.5, 0.6) is 0 Å². The second-order valence-electron chi connectivity index (χ2n) is 6.15. The van der Waals surface area contributed by atoms with Crippen LogP contribution in [0.3, 0.4) is 0 Å². The summed E-state index contributed by atoms with van der Waals surface area (Å²) in [5.41, 5.74) is 1.65. The largest absolute Gasteiger partial charge is 0.325 e. The molecule has 2 aromatic carbocycles. The summed E-state index contributed by atoms with van der Waals surface area (Å²) >= 11 is 1.36. The summed E-state index contributed by atoms with van der Waals surface area (Å²) < 4.78 is 0.965. The van der Waals surface area contributed by atoms with Gasteiger partial charge in [-0.15, -0.1) is 0 Å². The van der Waals surface area contributed by atoms with Gasteiger partial charge in [-0.3, -0.25) is 14.5 Å². The Balaban J connectivity index is 1.39. The molecule has 1 atom stereocenters. The first kappa shape index (κ1) is 17.2. The number of carbonyl (C=O) groups is 3. The molecule has 0 saturated carbocycles. The standard InChI is InChI=1S/C19H16N4O3S/c24-16(22-18-20-13-8-4-5-9-15(13)27-18)10-14-17(25)23(19(26)21-14)11-12-6-2-1-3-7-12/h1-9,14H,10-11H2,(H,21,26)(H,20,22,24)/t14-/m1/s1. The molecular formula is C19H16N4O3S. The SMILES string of the molecule is O=C(C[C@H]1NC(=O)N(Cc2ccccc2)C1=O)Nc1nc2ccccc2s1. The summed E-state index contributed by atoms with van der Waals surface area (Å²) in [5, 5.41) is 5.75. The number of anilines is 1. The number of rotatable bonds is 5. The van der Waals surface area contributed by atoms with Crippen LogP contribution in [0.1, 0.15) is 12.0 Å². The van der Waals surface area contributed by atoms with Crippen molar-refractivity contribution in [3.05, 3.63) is 60.2 Å². The fourth-order valence-electron chi connectivity index (χ4n) is 2.91. The van der Waals surface area contributed by atoms with Gasteiger partial charge in [0, 0.05) is 0 Å². The highest BCUT2D eigenvalue weighted by atomic mass is 32.1. The lowest BCUT2D eigenvalue weighted by molar-refractivity contribution is -0.130. The Morgan fingerprint density at radius 2 is 1.85 bits per heavy atom. The molecule has 3 aromatic rings.